The van der Waals surface area contributed by atoms with Crippen LogP contribution in [-0.4, -0.2) is 43.9 Å². The minimum Gasteiger partial charge on any atom is -0.482 e. The summed E-state index contributed by atoms with van der Waals surface area (Å²) in [4.78, 5) is 20.1. The fourth-order valence-corrected chi connectivity index (χ4v) is 4.28. The topological polar surface area (TPSA) is 123 Å². The molecule has 0 aliphatic carbocycles. The van der Waals surface area contributed by atoms with Crippen LogP contribution in [0.1, 0.15) is 40.6 Å². The number of anilines is 1. The molecule has 9 nitrogen and oxygen atoms in total. The van der Waals surface area contributed by atoms with E-state index in [0.717, 1.165) is 0 Å². The second-order valence-corrected chi connectivity index (χ2v) is 8.99. The maximum Gasteiger partial charge on any atom is 0.254 e. The Kier molecular flexibility index (Phi) is 6.46. The van der Waals surface area contributed by atoms with Crippen LogP contribution in [0.25, 0.3) is 11.3 Å². The van der Waals surface area contributed by atoms with Crippen molar-refractivity contribution in [1.82, 2.24) is 24.9 Å². The van der Waals surface area contributed by atoms with Crippen molar-refractivity contribution in [3.8, 4) is 23.1 Å². The number of ether oxygens (including phenoxy) is 1. The molecule has 37 heavy (non-hydrogen) atoms. The van der Waals surface area contributed by atoms with Crippen molar-refractivity contribution in [2.45, 2.75) is 19.1 Å². The van der Waals surface area contributed by atoms with Crippen molar-refractivity contribution >= 4 is 23.3 Å². The number of aromatic nitrogens is 4. The summed E-state index contributed by atoms with van der Waals surface area (Å²) in [6, 6.07) is 14.7. The Hall–Kier alpha value is -4.49. The summed E-state index contributed by atoms with van der Waals surface area (Å²) in [5.74, 6) is -0.154. The molecule has 0 bridgehead atoms. The highest BCUT2D eigenvalue weighted by molar-refractivity contribution is 6.31. The third kappa shape index (κ3) is 4.81. The van der Waals surface area contributed by atoms with Crippen LogP contribution < -0.4 is 10.5 Å². The van der Waals surface area contributed by atoms with E-state index < -0.39 is 11.9 Å². The Labute approximate surface area is 216 Å². The Balaban J connectivity index is 1.26. The fourth-order valence-electron chi connectivity index (χ4n) is 4.00. The van der Waals surface area contributed by atoms with Gasteiger partial charge in [-0.25, -0.2) is 9.37 Å². The van der Waals surface area contributed by atoms with Crippen molar-refractivity contribution in [3.05, 3.63) is 88.5 Å². The molecule has 11 heteroatoms. The lowest BCUT2D eigenvalue weighted by Gasteiger charge is -2.38. The zero-order valence-corrected chi connectivity index (χ0v) is 20.4. The predicted octanol–water partition coefficient (Wildman–Crippen LogP) is 4.42. The Morgan fingerprint density at radius 1 is 1.24 bits per heavy atom. The average molecular weight is 518 g/mol. The first-order chi connectivity index (χ1) is 17.8. The largest absolute Gasteiger partial charge is 0.482 e. The third-order valence-corrected chi connectivity index (χ3v) is 6.55. The molecule has 0 unspecified atom stereocenters. The number of halogens is 2. The van der Waals surface area contributed by atoms with Gasteiger partial charge in [-0.05, 0) is 43.3 Å². The fraction of sp³-hybridized carbons (Fsp3) is 0.192. The molecule has 1 amide bonds. The van der Waals surface area contributed by atoms with Crippen molar-refractivity contribution < 1.29 is 13.9 Å². The molecule has 2 N–H and O–H groups in total. The third-order valence-electron chi connectivity index (χ3n) is 6.15. The average Bonchev–Trinajstić information content (AvgIpc) is 3.35. The molecule has 0 saturated carbocycles. The van der Waals surface area contributed by atoms with Crippen LogP contribution in [0, 0.1) is 17.1 Å². The van der Waals surface area contributed by atoms with Gasteiger partial charge in [0.2, 0.25) is 0 Å². The second-order valence-electron chi connectivity index (χ2n) is 8.61. The van der Waals surface area contributed by atoms with E-state index in [4.69, 9.17) is 27.3 Å². The normalized spacial score (nSPS) is 14.1. The zero-order valence-electron chi connectivity index (χ0n) is 19.7. The van der Waals surface area contributed by atoms with E-state index in [1.54, 1.807) is 71.5 Å². The number of nitrogens with two attached hydrogens (primary N) is 1. The number of rotatable bonds is 6. The number of carbonyl (C=O) groups excluding carboxylic acids is 1. The summed E-state index contributed by atoms with van der Waals surface area (Å²) in [5, 5.41) is 17.8. The summed E-state index contributed by atoms with van der Waals surface area (Å²) in [5.41, 5.74) is 8.73. The van der Waals surface area contributed by atoms with Gasteiger partial charge in [0.15, 0.2) is 11.6 Å². The van der Waals surface area contributed by atoms with Crippen LogP contribution in [0.2, 0.25) is 5.02 Å². The predicted molar refractivity (Wildman–Crippen MR) is 134 cm³/mol. The van der Waals surface area contributed by atoms with Crippen LogP contribution >= 0.6 is 11.6 Å². The molecule has 0 spiro atoms. The van der Waals surface area contributed by atoms with Gasteiger partial charge in [0.05, 0.1) is 22.9 Å². The van der Waals surface area contributed by atoms with Crippen molar-refractivity contribution in [3.63, 3.8) is 0 Å². The molecule has 1 saturated heterocycles. The number of nitrogen functional groups attached to an aromatic ring is 1. The molecule has 0 radical (unpaired) electrons. The molecule has 4 aromatic rings. The summed E-state index contributed by atoms with van der Waals surface area (Å²) in [6.07, 6.45) is 2.60. The molecule has 1 aliphatic heterocycles. The van der Waals surface area contributed by atoms with Crippen molar-refractivity contribution in [2.75, 3.05) is 18.8 Å². The Morgan fingerprint density at radius 2 is 2.00 bits per heavy atom. The van der Waals surface area contributed by atoms with E-state index >= 15 is 0 Å². The summed E-state index contributed by atoms with van der Waals surface area (Å²) >= 11 is 6.09. The van der Waals surface area contributed by atoms with Crippen molar-refractivity contribution in [1.29, 1.82) is 5.26 Å². The molecule has 2 aromatic carbocycles. The van der Waals surface area contributed by atoms with Crippen LogP contribution in [0.15, 0.2) is 60.9 Å². The monoisotopic (exact) mass is 517 g/mol. The lowest BCUT2D eigenvalue weighted by Crippen LogP contribution is -2.51. The first-order valence-electron chi connectivity index (χ1n) is 11.4. The molecule has 2 aromatic heterocycles. The Bertz CT molecular complexity index is 1510. The van der Waals surface area contributed by atoms with Gasteiger partial charge >= 0.3 is 0 Å². The maximum absolute atomic E-state index is 13.9. The minimum atomic E-state index is -0.576. The van der Waals surface area contributed by atoms with Gasteiger partial charge in [0, 0.05) is 36.0 Å². The van der Waals surface area contributed by atoms with Crippen LogP contribution in [0.3, 0.4) is 0 Å². The molecule has 186 valence electrons. The molecule has 1 atom stereocenters. The number of carbonyl (C=O) groups is 1. The highest BCUT2D eigenvalue weighted by atomic mass is 35.5. The van der Waals surface area contributed by atoms with E-state index in [1.165, 1.54) is 6.07 Å². The maximum atomic E-state index is 13.9. The summed E-state index contributed by atoms with van der Waals surface area (Å²) in [6.45, 7) is 2.67. The van der Waals surface area contributed by atoms with E-state index in [1.807, 2.05) is 6.07 Å². The first kappa shape index (κ1) is 24.2. The smallest absolute Gasteiger partial charge is 0.254 e. The van der Waals surface area contributed by atoms with Crippen LogP contribution in [0.5, 0.6) is 5.75 Å². The number of nitrogens with zero attached hydrogens (tertiary/aromatic N) is 6. The number of amides is 1. The highest BCUT2D eigenvalue weighted by Gasteiger charge is 2.34. The lowest BCUT2D eigenvalue weighted by atomic mass is 10.1. The summed E-state index contributed by atoms with van der Waals surface area (Å²) < 4.78 is 19.8. The van der Waals surface area contributed by atoms with Crippen LogP contribution in [0.4, 0.5) is 10.2 Å². The van der Waals surface area contributed by atoms with E-state index in [0.29, 0.717) is 46.8 Å². The number of nitriles is 1. The zero-order chi connectivity index (χ0) is 26.1. The number of hydrogen-bond acceptors (Lipinski definition) is 7. The summed E-state index contributed by atoms with van der Waals surface area (Å²) in [7, 11) is 0. The van der Waals surface area contributed by atoms with E-state index in [-0.39, 0.29) is 22.8 Å². The van der Waals surface area contributed by atoms with Gasteiger partial charge in [0.25, 0.3) is 5.91 Å². The number of pyridine rings is 1. The molecular weight excluding hydrogens is 497 g/mol. The van der Waals surface area contributed by atoms with E-state index in [9.17, 15) is 9.18 Å². The van der Waals surface area contributed by atoms with Crippen molar-refractivity contribution in [2.24, 2.45) is 0 Å². The van der Waals surface area contributed by atoms with Gasteiger partial charge < -0.3 is 15.4 Å². The molecule has 1 aliphatic rings. The van der Waals surface area contributed by atoms with Gasteiger partial charge in [-0.15, -0.1) is 0 Å². The van der Waals surface area contributed by atoms with Gasteiger partial charge in [-0.2, -0.15) is 20.3 Å². The molecule has 5 rings (SSSR count). The van der Waals surface area contributed by atoms with Gasteiger partial charge in [0.1, 0.15) is 23.7 Å². The Morgan fingerprint density at radius 3 is 2.73 bits per heavy atom. The number of benzene rings is 2. The quantitative estimate of drug-likeness (QED) is 0.401. The number of likely N-dealkylation sites (tertiary alicyclic amines) is 1. The van der Waals surface area contributed by atoms with E-state index in [2.05, 4.69) is 15.2 Å². The second kappa shape index (κ2) is 9.87. The number of hydrogen-bond donors (Lipinski definition) is 1. The van der Waals surface area contributed by atoms with Crippen LogP contribution in [-0.2, 0) is 0 Å². The highest BCUT2D eigenvalue weighted by Crippen LogP contribution is 2.33. The molecule has 3 heterocycles. The minimum absolute atomic E-state index is 0.00663. The van der Waals surface area contributed by atoms with Gasteiger partial charge in [-0.1, -0.05) is 23.7 Å². The SMILES string of the molecule is C[C@@H](Oc1cc(-c2cnn(C3CN(C(=O)c4ccc(C#N)cc4)C3)n2)cnc1N)c1cccc(F)c1Cl. The van der Waals surface area contributed by atoms with Gasteiger partial charge in [-0.3, -0.25) is 4.79 Å². The lowest BCUT2D eigenvalue weighted by molar-refractivity contribution is 0.0477. The standard InChI is InChI=1S/C26H21ClFN7O2/c1-15(20-3-2-4-21(28)24(20)27)37-23-9-18(11-31-25(23)30)22-12-32-35(33-22)19-13-34(14-19)26(36)17-7-5-16(10-29)6-8-17/h2-9,11-12,15,19H,13-14H2,1H3,(H2,30,31)/t15-/m1/s1. The molecular formula is C26H21ClFN7O2. The molecule has 1 fully saturated rings. The first-order valence-corrected chi connectivity index (χ1v) is 11.8.